The van der Waals surface area contributed by atoms with Crippen LogP contribution in [0.3, 0.4) is 0 Å². The van der Waals surface area contributed by atoms with Gasteiger partial charge in [-0.1, -0.05) is 0 Å². The van der Waals surface area contributed by atoms with Crippen molar-refractivity contribution in [1.29, 1.82) is 5.26 Å². The van der Waals surface area contributed by atoms with E-state index >= 15 is 0 Å². The van der Waals surface area contributed by atoms with Gasteiger partial charge in [-0.2, -0.15) is 9.65 Å². The van der Waals surface area contributed by atoms with Gasteiger partial charge < -0.3 is 5.32 Å². The molecule has 1 rings (SSSR count). The Bertz CT molecular complexity index is 373. The van der Waals surface area contributed by atoms with Gasteiger partial charge in [-0.3, -0.25) is 4.79 Å². The Morgan fingerprint density at radius 2 is 2.50 bits per heavy atom. The molecule has 14 heavy (non-hydrogen) atoms. The predicted molar refractivity (Wildman–Crippen MR) is 46.8 cm³/mol. The number of nitrogens with zero attached hydrogens (tertiary/aromatic N) is 2. The minimum Gasteiger partial charge on any atom is -0.351 e. The van der Waals surface area contributed by atoms with Crippen LogP contribution in [0.2, 0.25) is 0 Å². The van der Waals surface area contributed by atoms with Crippen LogP contribution in [0.1, 0.15) is 16.8 Å². The Morgan fingerprint density at radius 3 is 3.14 bits per heavy atom. The summed E-state index contributed by atoms with van der Waals surface area (Å²) in [6, 6.07) is 4.34. The molecule has 0 atom stereocenters. The molecule has 5 heteroatoms. The summed E-state index contributed by atoms with van der Waals surface area (Å²) in [5.41, 5.74) is 0.204. The number of carbonyl (C=O) groups is 1. The molecule has 0 radical (unpaired) electrons. The second kappa shape index (κ2) is 4.92. The highest BCUT2D eigenvalue weighted by Gasteiger charge is 2.05. The summed E-state index contributed by atoms with van der Waals surface area (Å²) < 4.78 is 12.6. The molecule has 0 aliphatic heterocycles. The third kappa shape index (κ3) is 2.83. The molecule has 0 unspecified atom stereocenters. The van der Waals surface area contributed by atoms with Crippen molar-refractivity contribution >= 4 is 5.91 Å². The number of amides is 1. The highest BCUT2D eigenvalue weighted by atomic mass is 19.1. The van der Waals surface area contributed by atoms with Crippen molar-refractivity contribution in [2.45, 2.75) is 6.42 Å². The minimum atomic E-state index is -0.696. The van der Waals surface area contributed by atoms with Gasteiger partial charge in [0, 0.05) is 24.4 Å². The van der Waals surface area contributed by atoms with E-state index in [1.807, 2.05) is 6.07 Å². The van der Waals surface area contributed by atoms with Crippen LogP contribution in [-0.2, 0) is 0 Å². The Balaban J connectivity index is 2.57. The zero-order valence-corrected chi connectivity index (χ0v) is 7.33. The van der Waals surface area contributed by atoms with Crippen LogP contribution >= 0.6 is 0 Å². The zero-order chi connectivity index (χ0) is 10.4. The third-order valence-corrected chi connectivity index (χ3v) is 1.51. The summed E-state index contributed by atoms with van der Waals surface area (Å²) in [7, 11) is 0. The fourth-order valence-electron chi connectivity index (χ4n) is 0.878. The van der Waals surface area contributed by atoms with Gasteiger partial charge in [-0.25, -0.2) is 4.98 Å². The smallest absolute Gasteiger partial charge is 0.251 e. The average molecular weight is 193 g/mol. The zero-order valence-electron chi connectivity index (χ0n) is 7.33. The summed E-state index contributed by atoms with van der Waals surface area (Å²) >= 11 is 0. The number of hydrogen-bond acceptors (Lipinski definition) is 3. The van der Waals surface area contributed by atoms with E-state index in [0.29, 0.717) is 0 Å². The van der Waals surface area contributed by atoms with E-state index in [4.69, 9.17) is 5.26 Å². The van der Waals surface area contributed by atoms with Crippen molar-refractivity contribution in [3.8, 4) is 6.07 Å². The van der Waals surface area contributed by atoms with E-state index in [9.17, 15) is 9.18 Å². The number of halogens is 1. The molecule has 1 amide bonds. The van der Waals surface area contributed by atoms with Gasteiger partial charge in [0.25, 0.3) is 5.91 Å². The Morgan fingerprint density at radius 1 is 1.71 bits per heavy atom. The Labute approximate surface area is 80.4 Å². The molecule has 1 aromatic rings. The van der Waals surface area contributed by atoms with E-state index in [2.05, 4.69) is 10.3 Å². The van der Waals surface area contributed by atoms with Crippen LogP contribution in [0.15, 0.2) is 18.3 Å². The number of nitriles is 1. The Kier molecular flexibility index (Phi) is 3.56. The fourth-order valence-corrected chi connectivity index (χ4v) is 0.878. The second-order valence-electron chi connectivity index (χ2n) is 2.53. The van der Waals surface area contributed by atoms with Crippen LogP contribution in [0.5, 0.6) is 0 Å². The van der Waals surface area contributed by atoms with Crippen LogP contribution in [0.25, 0.3) is 0 Å². The van der Waals surface area contributed by atoms with Gasteiger partial charge in [-0.15, -0.1) is 0 Å². The number of aromatic nitrogens is 1. The van der Waals surface area contributed by atoms with Gasteiger partial charge in [-0.05, 0) is 6.07 Å². The van der Waals surface area contributed by atoms with Crippen LogP contribution in [0.4, 0.5) is 4.39 Å². The van der Waals surface area contributed by atoms with Crippen molar-refractivity contribution < 1.29 is 9.18 Å². The number of pyridine rings is 1. The minimum absolute atomic E-state index is 0.204. The van der Waals surface area contributed by atoms with E-state index in [0.717, 1.165) is 6.07 Å². The lowest BCUT2D eigenvalue weighted by atomic mass is 10.2. The average Bonchev–Trinajstić information content (AvgIpc) is 2.18. The first-order valence-electron chi connectivity index (χ1n) is 4.00. The topological polar surface area (TPSA) is 65.8 Å². The van der Waals surface area contributed by atoms with Gasteiger partial charge in [0.1, 0.15) is 0 Å². The third-order valence-electron chi connectivity index (χ3n) is 1.51. The molecule has 1 N–H and O–H groups in total. The van der Waals surface area contributed by atoms with Gasteiger partial charge >= 0.3 is 0 Å². The highest BCUT2D eigenvalue weighted by Crippen LogP contribution is 1.99. The molecular weight excluding hydrogens is 185 g/mol. The molecule has 0 fully saturated rings. The SMILES string of the molecule is N#CCCNC(=O)c1ccnc(F)c1. The first-order chi connectivity index (χ1) is 6.74. The van der Waals surface area contributed by atoms with E-state index in [-0.39, 0.29) is 18.5 Å². The number of carbonyl (C=O) groups excluding carboxylic acids is 1. The molecule has 0 aliphatic carbocycles. The standard InChI is InChI=1S/C9H8FN3O/c10-8-6-7(2-5-12-8)9(14)13-4-1-3-11/h2,5-6H,1,4H2,(H,13,14). The van der Waals surface area contributed by atoms with Gasteiger partial charge in [0.2, 0.25) is 5.95 Å². The van der Waals surface area contributed by atoms with E-state index in [1.54, 1.807) is 0 Å². The van der Waals surface area contributed by atoms with E-state index < -0.39 is 11.9 Å². The molecule has 0 saturated heterocycles. The molecular formula is C9H8FN3O. The molecule has 0 aliphatic rings. The van der Waals surface area contributed by atoms with Crippen molar-refractivity contribution in [3.05, 3.63) is 29.8 Å². The maximum absolute atomic E-state index is 12.6. The number of rotatable bonds is 3. The lowest BCUT2D eigenvalue weighted by molar-refractivity contribution is 0.0954. The molecule has 0 saturated carbocycles. The van der Waals surface area contributed by atoms with Crippen molar-refractivity contribution in [1.82, 2.24) is 10.3 Å². The predicted octanol–water partition coefficient (Wildman–Crippen LogP) is 0.864. The molecule has 0 bridgehead atoms. The van der Waals surface area contributed by atoms with Gasteiger partial charge in [0.05, 0.1) is 12.5 Å². The first-order valence-corrected chi connectivity index (χ1v) is 4.00. The van der Waals surface area contributed by atoms with Crippen LogP contribution < -0.4 is 5.32 Å². The molecule has 4 nitrogen and oxygen atoms in total. The highest BCUT2D eigenvalue weighted by molar-refractivity contribution is 5.93. The number of nitrogens with one attached hydrogen (secondary N) is 1. The monoisotopic (exact) mass is 193 g/mol. The second-order valence-corrected chi connectivity index (χ2v) is 2.53. The summed E-state index contributed by atoms with van der Waals surface area (Å²) in [5.74, 6) is -1.10. The van der Waals surface area contributed by atoms with E-state index in [1.165, 1.54) is 12.3 Å². The first kappa shape index (κ1) is 10.1. The molecule has 1 heterocycles. The normalized spacial score (nSPS) is 9.14. The lowest BCUT2D eigenvalue weighted by Gasteiger charge is -2.01. The molecule has 0 aromatic carbocycles. The Hall–Kier alpha value is -1.96. The molecule has 1 aromatic heterocycles. The van der Waals surface area contributed by atoms with Gasteiger partial charge in [0.15, 0.2) is 0 Å². The molecule has 72 valence electrons. The summed E-state index contributed by atoms with van der Waals surface area (Å²) in [5, 5.41) is 10.7. The fraction of sp³-hybridized carbons (Fsp3) is 0.222. The molecule has 0 spiro atoms. The summed E-state index contributed by atoms with van der Waals surface area (Å²) in [6.45, 7) is 0.263. The van der Waals surface area contributed by atoms with Crippen molar-refractivity contribution in [3.63, 3.8) is 0 Å². The van der Waals surface area contributed by atoms with Crippen LogP contribution in [0, 0.1) is 17.3 Å². The largest absolute Gasteiger partial charge is 0.351 e. The van der Waals surface area contributed by atoms with Crippen LogP contribution in [-0.4, -0.2) is 17.4 Å². The van der Waals surface area contributed by atoms with Crippen molar-refractivity contribution in [2.24, 2.45) is 0 Å². The quantitative estimate of drug-likeness (QED) is 0.572. The maximum atomic E-state index is 12.6. The summed E-state index contributed by atoms with van der Waals surface area (Å²) in [6.07, 6.45) is 1.45. The maximum Gasteiger partial charge on any atom is 0.251 e. The lowest BCUT2D eigenvalue weighted by Crippen LogP contribution is -2.24. The summed E-state index contributed by atoms with van der Waals surface area (Å²) in [4.78, 5) is 14.6. The van der Waals surface area contributed by atoms with Crippen molar-refractivity contribution in [2.75, 3.05) is 6.54 Å². The number of hydrogen-bond donors (Lipinski definition) is 1.